The van der Waals surface area contributed by atoms with Crippen LogP contribution in [0, 0.1) is 28.7 Å². The van der Waals surface area contributed by atoms with E-state index in [0.29, 0.717) is 17.1 Å². The minimum absolute atomic E-state index is 0.0335. The van der Waals surface area contributed by atoms with E-state index in [1.807, 2.05) is 50.2 Å². The number of nitrogens with one attached hydrogen (secondary N) is 2. The summed E-state index contributed by atoms with van der Waals surface area (Å²) in [5.74, 6) is -0.472. The van der Waals surface area contributed by atoms with Gasteiger partial charge in [-0.15, -0.1) is 0 Å². The Kier molecular flexibility index (Phi) is 5.82. The van der Waals surface area contributed by atoms with Gasteiger partial charge in [0.05, 0.1) is 11.4 Å². The number of hydrogen-bond donors (Lipinski definition) is 3. The molecular weight excluding hydrogens is 415 g/mol. The van der Waals surface area contributed by atoms with Gasteiger partial charge in [-0.05, 0) is 77.9 Å². The zero-order valence-electron chi connectivity index (χ0n) is 13.4. The maximum Gasteiger partial charge on any atom is 0.267 e. The Morgan fingerprint density at radius 2 is 1.96 bits per heavy atom. The van der Waals surface area contributed by atoms with Gasteiger partial charge in [0, 0.05) is 15.5 Å². The molecule has 5 nitrogen and oxygen atoms in total. The molecule has 24 heavy (non-hydrogen) atoms. The highest BCUT2D eigenvalue weighted by Gasteiger charge is 2.11. The Bertz CT molecular complexity index is 853. The van der Waals surface area contributed by atoms with Gasteiger partial charge in [-0.3, -0.25) is 4.79 Å². The first kappa shape index (κ1) is 17.8. The van der Waals surface area contributed by atoms with Crippen LogP contribution in [0.1, 0.15) is 11.1 Å². The van der Waals surface area contributed by atoms with Gasteiger partial charge >= 0.3 is 0 Å². The number of rotatable bonds is 4. The van der Waals surface area contributed by atoms with E-state index in [4.69, 9.17) is 5.73 Å². The number of nitrogen functional groups attached to an aromatic ring is 1. The lowest BCUT2D eigenvalue weighted by atomic mass is 10.2. The first-order valence-electron chi connectivity index (χ1n) is 7.21. The van der Waals surface area contributed by atoms with Crippen LogP contribution < -0.4 is 16.4 Å². The molecule has 0 radical (unpaired) electrons. The van der Waals surface area contributed by atoms with E-state index >= 15 is 0 Å². The predicted octanol–water partition coefficient (Wildman–Crippen LogP) is 3.95. The lowest BCUT2D eigenvalue weighted by Crippen LogP contribution is -2.15. The van der Waals surface area contributed by atoms with E-state index in [0.717, 1.165) is 14.7 Å². The summed E-state index contributed by atoms with van der Waals surface area (Å²) in [4.78, 5) is 12.3. The third-order valence-corrected chi connectivity index (χ3v) is 4.05. The maximum atomic E-state index is 12.3. The molecule has 0 heterocycles. The van der Waals surface area contributed by atoms with Crippen LogP contribution in [0.5, 0.6) is 0 Å². The first-order valence-corrected chi connectivity index (χ1v) is 8.29. The monoisotopic (exact) mass is 432 g/mol. The molecule has 0 saturated carbocycles. The summed E-state index contributed by atoms with van der Waals surface area (Å²) >= 11 is 2.20. The normalized spacial score (nSPS) is 10.8. The lowest BCUT2D eigenvalue weighted by Gasteiger charge is -2.09. The van der Waals surface area contributed by atoms with Crippen LogP contribution in [-0.2, 0) is 4.79 Å². The third-order valence-electron chi connectivity index (χ3n) is 3.38. The first-order chi connectivity index (χ1) is 11.4. The van der Waals surface area contributed by atoms with E-state index in [-0.39, 0.29) is 5.57 Å². The van der Waals surface area contributed by atoms with Crippen LogP contribution in [0.4, 0.5) is 17.1 Å². The fourth-order valence-electron chi connectivity index (χ4n) is 2.05. The lowest BCUT2D eigenvalue weighted by molar-refractivity contribution is -0.112. The number of carbonyl (C=O) groups is 1. The summed E-state index contributed by atoms with van der Waals surface area (Å²) in [5, 5.41) is 14.9. The van der Waals surface area contributed by atoms with Crippen LogP contribution in [0.2, 0.25) is 0 Å². The van der Waals surface area contributed by atoms with Gasteiger partial charge in [0.25, 0.3) is 5.91 Å². The second kappa shape index (κ2) is 7.84. The van der Waals surface area contributed by atoms with Crippen molar-refractivity contribution in [2.45, 2.75) is 13.8 Å². The molecule has 0 aliphatic heterocycles. The van der Waals surface area contributed by atoms with Gasteiger partial charge in [0.1, 0.15) is 11.6 Å². The topological polar surface area (TPSA) is 90.9 Å². The molecule has 0 aromatic heterocycles. The van der Waals surface area contributed by atoms with E-state index in [2.05, 4.69) is 33.2 Å². The van der Waals surface area contributed by atoms with Gasteiger partial charge in [-0.2, -0.15) is 5.26 Å². The fraction of sp³-hybridized carbons (Fsp3) is 0.111. The molecule has 2 aromatic rings. The van der Waals surface area contributed by atoms with Gasteiger partial charge in [0.2, 0.25) is 0 Å². The molecular formula is C18H17IN4O. The molecule has 0 aliphatic carbocycles. The second-order valence-electron chi connectivity index (χ2n) is 5.32. The van der Waals surface area contributed by atoms with Crippen molar-refractivity contribution in [2.75, 3.05) is 16.4 Å². The van der Waals surface area contributed by atoms with Crippen molar-refractivity contribution < 1.29 is 4.79 Å². The molecule has 6 heteroatoms. The molecule has 0 aliphatic rings. The molecule has 1 amide bonds. The average Bonchev–Trinajstić information content (AvgIpc) is 2.54. The number of aryl methyl sites for hydroxylation is 2. The summed E-state index contributed by atoms with van der Waals surface area (Å²) in [6.45, 7) is 3.84. The van der Waals surface area contributed by atoms with Crippen molar-refractivity contribution in [3.05, 3.63) is 62.9 Å². The Morgan fingerprint density at radius 1 is 1.21 bits per heavy atom. The highest BCUT2D eigenvalue weighted by atomic mass is 127. The molecule has 0 unspecified atom stereocenters. The number of halogens is 1. The van der Waals surface area contributed by atoms with Gasteiger partial charge < -0.3 is 16.4 Å². The van der Waals surface area contributed by atoms with Crippen LogP contribution in [0.3, 0.4) is 0 Å². The number of carbonyl (C=O) groups excluding carboxylic acids is 1. The summed E-state index contributed by atoms with van der Waals surface area (Å²) in [5.41, 5.74) is 9.68. The standard InChI is InChI=1S/C18H17IN4O/c1-11-3-5-15(21)17(7-11)22-10-13(9-20)18(24)23-16-6-4-14(19)8-12(16)2/h3-8,10,22H,21H2,1-2H3,(H,23,24)/b13-10-. The van der Waals surface area contributed by atoms with Crippen molar-refractivity contribution >= 4 is 45.6 Å². The Balaban J connectivity index is 2.16. The van der Waals surface area contributed by atoms with Gasteiger partial charge in [-0.25, -0.2) is 0 Å². The molecule has 0 spiro atoms. The van der Waals surface area contributed by atoms with Crippen LogP contribution in [0.25, 0.3) is 0 Å². The minimum atomic E-state index is -0.472. The van der Waals surface area contributed by atoms with Crippen LogP contribution >= 0.6 is 22.6 Å². The third kappa shape index (κ3) is 4.49. The van der Waals surface area contributed by atoms with Crippen molar-refractivity contribution in [1.29, 1.82) is 5.26 Å². The maximum absolute atomic E-state index is 12.3. The second-order valence-corrected chi connectivity index (χ2v) is 6.56. The number of nitriles is 1. The fourth-order valence-corrected chi connectivity index (χ4v) is 2.70. The van der Waals surface area contributed by atoms with Gasteiger partial charge in [0.15, 0.2) is 0 Å². The highest BCUT2D eigenvalue weighted by Crippen LogP contribution is 2.21. The molecule has 2 aromatic carbocycles. The number of nitrogens with zero attached hydrogens (tertiary/aromatic N) is 1. The van der Waals surface area contributed by atoms with E-state index in [9.17, 15) is 10.1 Å². The van der Waals surface area contributed by atoms with Crippen molar-refractivity contribution in [3.63, 3.8) is 0 Å². The molecule has 0 atom stereocenters. The van der Waals surface area contributed by atoms with Crippen molar-refractivity contribution in [1.82, 2.24) is 0 Å². The summed E-state index contributed by atoms with van der Waals surface area (Å²) in [6.07, 6.45) is 1.36. The summed E-state index contributed by atoms with van der Waals surface area (Å²) in [6, 6.07) is 13.1. The molecule has 122 valence electrons. The largest absolute Gasteiger partial charge is 0.397 e. The molecule has 4 N–H and O–H groups in total. The van der Waals surface area contributed by atoms with Gasteiger partial charge in [-0.1, -0.05) is 6.07 Å². The summed E-state index contributed by atoms with van der Waals surface area (Å²) < 4.78 is 1.08. The smallest absolute Gasteiger partial charge is 0.267 e. The predicted molar refractivity (Wildman–Crippen MR) is 105 cm³/mol. The zero-order chi connectivity index (χ0) is 17.7. The Labute approximate surface area is 154 Å². The quantitative estimate of drug-likeness (QED) is 0.295. The average molecular weight is 432 g/mol. The Morgan fingerprint density at radius 3 is 2.62 bits per heavy atom. The zero-order valence-corrected chi connectivity index (χ0v) is 15.5. The van der Waals surface area contributed by atoms with E-state index in [1.54, 1.807) is 6.07 Å². The number of anilines is 3. The molecule has 0 fully saturated rings. The number of hydrogen-bond acceptors (Lipinski definition) is 4. The highest BCUT2D eigenvalue weighted by molar-refractivity contribution is 14.1. The van der Waals surface area contributed by atoms with Crippen molar-refractivity contribution in [2.24, 2.45) is 0 Å². The van der Waals surface area contributed by atoms with E-state index in [1.165, 1.54) is 6.20 Å². The number of nitrogens with two attached hydrogens (primary N) is 1. The van der Waals surface area contributed by atoms with Crippen LogP contribution in [-0.4, -0.2) is 5.91 Å². The minimum Gasteiger partial charge on any atom is -0.397 e. The summed E-state index contributed by atoms with van der Waals surface area (Å²) in [7, 11) is 0. The van der Waals surface area contributed by atoms with Crippen molar-refractivity contribution in [3.8, 4) is 6.07 Å². The van der Waals surface area contributed by atoms with E-state index < -0.39 is 5.91 Å². The number of benzene rings is 2. The Hall–Kier alpha value is -2.53. The molecule has 0 bridgehead atoms. The SMILES string of the molecule is Cc1ccc(N)c(N/C=C(/C#N)C(=O)Nc2ccc(I)cc2C)c1. The molecule has 0 saturated heterocycles. The number of amides is 1. The van der Waals surface area contributed by atoms with Crippen LogP contribution in [0.15, 0.2) is 48.2 Å². The molecule has 2 rings (SSSR count).